The minimum Gasteiger partial charge on any atom is -0.352 e. The van der Waals surface area contributed by atoms with Crippen molar-refractivity contribution in [2.45, 2.75) is 26.8 Å². The Hall–Kier alpha value is -3.03. The van der Waals surface area contributed by atoms with Crippen molar-refractivity contribution in [3.8, 4) is 0 Å². The molecule has 8 heteroatoms. The standard InChI is InChI=1S/C25H24ClFN4OS/c1-3-13-33-30-21-10-9-18(27)24(23(21)26)29-19-11-12-20-22(16(19)2)25(32)31(15-28-20)14-17-7-5-4-6-8-17/h4-12,15,29-30H,3,13-14H2,1-2H3. The fraction of sp³-hybridized carbons (Fsp3) is 0.200. The van der Waals surface area contributed by atoms with Crippen molar-refractivity contribution in [2.75, 3.05) is 15.8 Å². The Balaban J connectivity index is 1.71. The highest BCUT2D eigenvalue weighted by Crippen LogP contribution is 2.37. The van der Waals surface area contributed by atoms with Crippen LogP contribution in [0.3, 0.4) is 0 Å². The van der Waals surface area contributed by atoms with E-state index in [4.69, 9.17) is 11.6 Å². The van der Waals surface area contributed by atoms with Gasteiger partial charge in [-0.3, -0.25) is 9.36 Å². The summed E-state index contributed by atoms with van der Waals surface area (Å²) in [4.78, 5) is 17.7. The SMILES string of the molecule is CCCSNc1ccc(F)c(Nc2ccc3ncn(Cc4ccccc4)c(=O)c3c2C)c1Cl. The molecule has 1 aromatic heterocycles. The zero-order valence-electron chi connectivity index (χ0n) is 18.4. The maximum atomic E-state index is 14.7. The van der Waals surface area contributed by atoms with Crippen molar-refractivity contribution in [1.29, 1.82) is 0 Å². The lowest BCUT2D eigenvalue weighted by Crippen LogP contribution is -2.22. The number of nitrogens with one attached hydrogen (secondary N) is 2. The van der Waals surface area contributed by atoms with E-state index in [1.54, 1.807) is 29.1 Å². The van der Waals surface area contributed by atoms with Crippen LogP contribution in [0, 0.1) is 12.7 Å². The largest absolute Gasteiger partial charge is 0.352 e. The molecule has 0 unspecified atom stereocenters. The van der Waals surface area contributed by atoms with Crippen LogP contribution in [0.2, 0.25) is 5.02 Å². The Labute approximate surface area is 201 Å². The molecule has 5 nitrogen and oxygen atoms in total. The van der Waals surface area contributed by atoms with Gasteiger partial charge in [-0.25, -0.2) is 9.37 Å². The summed E-state index contributed by atoms with van der Waals surface area (Å²) in [5.41, 5.74) is 3.51. The van der Waals surface area contributed by atoms with Crippen molar-refractivity contribution in [3.63, 3.8) is 0 Å². The molecule has 0 atom stereocenters. The van der Waals surface area contributed by atoms with E-state index in [2.05, 4.69) is 21.9 Å². The van der Waals surface area contributed by atoms with Crippen LogP contribution in [0.25, 0.3) is 10.9 Å². The van der Waals surface area contributed by atoms with Gasteiger partial charge in [0.2, 0.25) is 0 Å². The molecule has 1 heterocycles. The van der Waals surface area contributed by atoms with Crippen LogP contribution in [0.5, 0.6) is 0 Å². The number of hydrogen-bond donors (Lipinski definition) is 2. The zero-order valence-corrected chi connectivity index (χ0v) is 19.9. The minimum atomic E-state index is -0.474. The summed E-state index contributed by atoms with van der Waals surface area (Å²) in [6, 6.07) is 16.3. The molecule has 4 aromatic rings. The van der Waals surface area contributed by atoms with Crippen molar-refractivity contribution in [1.82, 2.24) is 9.55 Å². The summed E-state index contributed by atoms with van der Waals surface area (Å²) in [5.74, 6) is 0.431. The smallest absolute Gasteiger partial charge is 0.261 e. The Kier molecular flexibility index (Phi) is 7.20. The van der Waals surface area contributed by atoms with Gasteiger partial charge in [-0.2, -0.15) is 0 Å². The highest BCUT2D eigenvalue weighted by molar-refractivity contribution is 8.00. The van der Waals surface area contributed by atoms with Gasteiger partial charge in [0, 0.05) is 11.4 Å². The summed E-state index contributed by atoms with van der Waals surface area (Å²) in [6.07, 6.45) is 2.57. The summed E-state index contributed by atoms with van der Waals surface area (Å²) < 4.78 is 19.4. The highest BCUT2D eigenvalue weighted by Gasteiger charge is 2.16. The molecule has 0 aliphatic heterocycles. The Morgan fingerprint density at radius 2 is 1.85 bits per heavy atom. The molecule has 0 bridgehead atoms. The number of aryl methyl sites for hydroxylation is 1. The molecule has 0 spiro atoms. The van der Waals surface area contributed by atoms with Gasteiger partial charge in [0.15, 0.2) is 0 Å². The van der Waals surface area contributed by atoms with E-state index >= 15 is 0 Å². The summed E-state index contributed by atoms with van der Waals surface area (Å²) >= 11 is 8.02. The number of benzene rings is 3. The molecule has 0 amide bonds. The minimum absolute atomic E-state index is 0.150. The van der Waals surface area contributed by atoms with Crippen LogP contribution < -0.4 is 15.6 Å². The third-order valence-electron chi connectivity index (χ3n) is 5.29. The molecular weight excluding hydrogens is 459 g/mol. The molecule has 33 heavy (non-hydrogen) atoms. The van der Waals surface area contributed by atoms with Gasteiger partial charge >= 0.3 is 0 Å². The fourth-order valence-electron chi connectivity index (χ4n) is 3.54. The van der Waals surface area contributed by atoms with E-state index < -0.39 is 5.82 Å². The number of fused-ring (bicyclic) bond motifs is 1. The monoisotopic (exact) mass is 482 g/mol. The normalized spacial score (nSPS) is 11.0. The zero-order chi connectivity index (χ0) is 23.4. The molecular formula is C25H24ClFN4OS. The van der Waals surface area contributed by atoms with Crippen molar-refractivity contribution in [2.24, 2.45) is 0 Å². The van der Waals surface area contributed by atoms with E-state index in [0.29, 0.717) is 34.4 Å². The quantitative estimate of drug-likeness (QED) is 0.214. The number of nitrogens with zero attached hydrogens (tertiary/aromatic N) is 2. The lowest BCUT2D eigenvalue weighted by Gasteiger charge is -2.16. The topological polar surface area (TPSA) is 59.0 Å². The van der Waals surface area contributed by atoms with Crippen molar-refractivity contribution in [3.05, 3.63) is 93.2 Å². The lowest BCUT2D eigenvalue weighted by atomic mass is 10.1. The van der Waals surface area contributed by atoms with Gasteiger partial charge in [0.05, 0.1) is 40.2 Å². The molecule has 3 aromatic carbocycles. The first-order chi connectivity index (χ1) is 16.0. The van der Waals surface area contributed by atoms with Crippen LogP contribution in [0.15, 0.2) is 65.7 Å². The molecule has 2 N–H and O–H groups in total. The average Bonchev–Trinajstić information content (AvgIpc) is 2.82. The van der Waals surface area contributed by atoms with Crippen LogP contribution in [-0.2, 0) is 6.54 Å². The van der Waals surface area contributed by atoms with Gasteiger partial charge in [0.25, 0.3) is 5.56 Å². The van der Waals surface area contributed by atoms with Gasteiger partial charge in [0.1, 0.15) is 5.82 Å². The first-order valence-electron chi connectivity index (χ1n) is 10.6. The fourth-order valence-corrected chi connectivity index (χ4v) is 4.48. The Bertz CT molecular complexity index is 1340. The summed E-state index contributed by atoms with van der Waals surface area (Å²) in [5, 5.41) is 3.84. The molecule has 0 saturated carbocycles. The second-order valence-electron chi connectivity index (χ2n) is 7.65. The third-order valence-corrected chi connectivity index (χ3v) is 6.66. The summed E-state index contributed by atoms with van der Waals surface area (Å²) in [6.45, 7) is 4.33. The van der Waals surface area contributed by atoms with Crippen molar-refractivity contribution < 1.29 is 4.39 Å². The number of halogens is 2. The van der Waals surface area contributed by atoms with Gasteiger partial charge in [-0.05, 0) is 48.7 Å². The molecule has 0 fully saturated rings. The number of anilines is 3. The van der Waals surface area contributed by atoms with Crippen molar-refractivity contribution >= 4 is 51.5 Å². The average molecular weight is 483 g/mol. The van der Waals surface area contributed by atoms with E-state index in [1.807, 2.05) is 37.3 Å². The van der Waals surface area contributed by atoms with E-state index in [0.717, 1.165) is 17.7 Å². The number of aromatic nitrogens is 2. The molecule has 0 aliphatic rings. The van der Waals surface area contributed by atoms with E-state index in [1.165, 1.54) is 18.0 Å². The van der Waals surface area contributed by atoms with E-state index in [-0.39, 0.29) is 16.3 Å². The second kappa shape index (κ2) is 10.3. The maximum Gasteiger partial charge on any atom is 0.261 e. The first-order valence-corrected chi connectivity index (χ1v) is 12.0. The van der Waals surface area contributed by atoms with Crippen LogP contribution >= 0.6 is 23.5 Å². The predicted molar refractivity (Wildman–Crippen MR) is 137 cm³/mol. The molecule has 0 aliphatic carbocycles. The Morgan fingerprint density at radius 1 is 1.09 bits per heavy atom. The second-order valence-corrected chi connectivity index (χ2v) is 8.93. The predicted octanol–water partition coefficient (Wildman–Crippen LogP) is 6.76. The number of hydrogen-bond acceptors (Lipinski definition) is 5. The van der Waals surface area contributed by atoms with Gasteiger partial charge < -0.3 is 10.0 Å². The van der Waals surface area contributed by atoms with Crippen LogP contribution in [-0.4, -0.2) is 15.3 Å². The third kappa shape index (κ3) is 4.99. The first kappa shape index (κ1) is 23.1. The Morgan fingerprint density at radius 3 is 2.61 bits per heavy atom. The van der Waals surface area contributed by atoms with E-state index in [9.17, 15) is 9.18 Å². The highest BCUT2D eigenvalue weighted by atomic mass is 35.5. The maximum absolute atomic E-state index is 14.7. The summed E-state index contributed by atoms with van der Waals surface area (Å²) in [7, 11) is 0. The van der Waals surface area contributed by atoms with Gasteiger partial charge in [-0.15, -0.1) is 0 Å². The molecule has 4 rings (SSSR count). The molecule has 170 valence electrons. The van der Waals surface area contributed by atoms with Gasteiger partial charge in [-0.1, -0.05) is 60.8 Å². The van der Waals surface area contributed by atoms with Crippen LogP contribution in [0.4, 0.5) is 21.5 Å². The lowest BCUT2D eigenvalue weighted by molar-refractivity contribution is 0.632. The number of rotatable bonds is 8. The molecule has 0 radical (unpaired) electrons. The molecule has 0 saturated heterocycles. The van der Waals surface area contributed by atoms with Crippen LogP contribution in [0.1, 0.15) is 24.5 Å².